The third-order valence-electron chi connectivity index (χ3n) is 5.24. The predicted molar refractivity (Wildman–Crippen MR) is 93.7 cm³/mol. The number of pyridine rings is 1. The molecule has 3 unspecified atom stereocenters. The summed E-state index contributed by atoms with van der Waals surface area (Å²) in [7, 11) is 0. The van der Waals surface area contributed by atoms with E-state index >= 15 is 0 Å². The summed E-state index contributed by atoms with van der Waals surface area (Å²) in [6.07, 6.45) is 5.51. The summed E-state index contributed by atoms with van der Waals surface area (Å²) < 4.78 is 5.83. The molecule has 3 N–H and O–H groups in total. The van der Waals surface area contributed by atoms with Crippen molar-refractivity contribution in [3.05, 3.63) is 30.1 Å². The van der Waals surface area contributed by atoms with Crippen LogP contribution in [0.2, 0.25) is 0 Å². The van der Waals surface area contributed by atoms with Gasteiger partial charge in [-0.15, -0.1) is 24.8 Å². The minimum Gasteiger partial charge on any atom is -0.377 e. The maximum absolute atomic E-state index is 12.7. The first-order chi connectivity index (χ1) is 9.98. The van der Waals surface area contributed by atoms with Gasteiger partial charge in [-0.1, -0.05) is 19.9 Å². The Hall–Kier alpha value is -0.880. The number of fused-ring (bicyclic) bond motifs is 1. The number of carbonyl (C=O) groups excluding carboxylic acids is 1. The van der Waals surface area contributed by atoms with E-state index in [0.717, 1.165) is 25.0 Å². The minimum absolute atomic E-state index is 0. The topological polar surface area (TPSA) is 77.2 Å². The highest BCUT2D eigenvalue weighted by atomic mass is 35.5. The van der Waals surface area contributed by atoms with Gasteiger partial charge in [0.15, 0.2) is 0 Å². The molecule has 1 saturated carbocycles. The van der Waals surface area contributed by atoms with Gasteiger partial charge < -0.3 is 15.8 Å². The Morgan fingerprint density at radius 1 is 1.48 bits per heavy atom. The molecule has 2 aliphatic rings. The van der Waals surface area contributed by atoms with E-state index < -0.39 is 5.54 Å². The van der Waals surface area contributed by atoms with Gasteiger partial charge in [0.2, 0.25) is 5.91 Å². The van der Waals surface area contributed by atoms with Gasteiger partial charge in [0.05, 0.1) is 6.10 Å². The molecule has 7 heteroatoms. The van der Waals surface area contributed by atoms with Gasteiger partial charge in [0, 0.05) is 36.9 Å². The predicted octanol–water partition coefficient (Wildman–Crippen LogP) is 2.07. The van der Waals surface area contributed by atoms with Crippen LogP contribution >= 0.6 is 24.8 Å². The normalized spacial score (nSPS) is 30.7. The smallest absolute Gasteiger partial charge is 0.241 e. The van der Waals surface area contributed by atoms with Gasteiger partial charge in [-0.25, -0.2) is 0 Å². The molecule has 0 spiro atoms. The molecular weight excluding hydrogens is 337 g/mol. The SMILES string of the molecule is CC1(C)C2OCCCC2C1(N)C(=O)NCc1cccnc1.Cl.Cl. The van der Waals surface area contributed by atoms with Crippen molar-refractivity contribution in [1.29, 1.82) is 0 Å². The molecule has 5 nitrogen and oxygen atoms in total. The average molecular weight is 362 g/mol. The maximum Gasteiger partial charge on any atom is 0.241 e. The van der Waals surface area contributed by atoms with E-state index in [9.17, 15) is 4.79 Å². The molecule has 0 bridgehead atoms. The standard InChI is InChI=1S/C16H23N3O2.2ClH/c1-15(2)13-12(6-4-8-21-13)16(15,17)14(20)19-10-11-5-3-7-18-9-11;;/h3,5,7,9,12-13H,4,6,8,10,17H2,1-2H3,(H,19,20);2*1H. The number of rotatable bonds is 3. The zero-order valence-corrected chi connectivity index (χ0v) is 15.1. The van der Waals surface area contributed by atoms with Gasteiger partial charge in [0.25, 0.3) is 0 Å². The second-order valence-electron chi connectivity index (χ2n) is 6.67. The molecule has 0 aromatic carbocycles. The number of hydrogen-bond acceptors (Lipinski definition) is 4. The summed E-state index contributed by atoms with van der Waals surface area (Å²) in [5.41, 5.74) is 6.33. The fourth-order valence-electron chi connectivity index (χ4n) is 3.87. The van der Waals surface area contributed by atoms with Crippen molar-refractivity contribution in [2.75, 3.05) is 6.61 Å². The van der Waals surface area contributed by atoms with E-state index in [0.29, 0.717) is 6.54 Å². The molecule has 23 heavy (non-hydrogen) atoms. The Morgan fingerprint density at radius 2 is 2.22 bits per heavy atom. The van der Waals surface area contributed by atoms with E-state index in [2.05, 4.69) is 10.3 Å². The first-order valence-electron chi connectivity index (χ1n) is 7.55. The lowest BCUT2D eigenvalue weighted by atomic mass is 9.46. The number of carbonyl (C=O) groups is 1. The fraction of sp³-hybridized carbons (Fsp3) is 0.625. The van der Waals surface area contributed by atoms with Crippen LogP contribution in [0, 0.1) is 11.3 Å². The van der Waals surface area contributed by atoms with Crippen molar-refractivity contribution >= 4 is 30.7 Å². The first-order valence-corrected chi connectivity index (χ1v) is 7.55. The summed E-state index contributed by atoms with van der Waals surface area (Å²) in [4.78, 5) is 16.7. The van der Waals surface area contributed by atoms with Crippen molar-refractivity contribution in [1.82, 2.24) is 10.3 Å². The summed E-state index contributed by atoms with van der Waals surface area (Å²) >= 11 is 0. The molecule has 3 rings (SSSR count). The molecule has 2 fully saturated rings. The molecular formula is C16H25Cl2N3O2. The third-order valence-corrected chi connectivity index (χ3v) is 5.24. The Morgan fingerprint density at radius 3 is 2.87 bits per heavy atom. The van der Waals surface area contributed by atoms with Crippen LogP contribution in [0.4, 0.5) is 0 Å². The summed E-state index contributed by atoms with van der Waals surface area (Å²) in [6.45, 7) is 5.30. The number of hydrogen-bond donors (Lipinski definition) is 2. The van der Waals surface area contributed by atoms with Crippen molar-refractivity contribution in [2.45, 2.75) is 44.9 Å². The number of amides is 1. The Bertz CT molecular complexity index is 541. The van der Waals surface area contributed by atoms with Crippen LogP contribution in [0.25, 0.3) is 0 Å². The van der Waals surface area contributed by atoms with E-state index in [1.54, 1.807) is 12.4 Å². The second-order valence-corrected chi connectivity index (χ2v) is 6.67. The highest BCUT2D eigenvalue weighted by Gasteiger charge is 2.70. The molecule has 1 aromatic heterocycles. The van der Waals surface area contributed by atoms with Gasteiger partial charge in [-0.05, 0) is 24.5 Å². The number of nitrogens with zero attached hydrogens (tertiary/aromatic N) is 1. The number of nitrogens with two attached hydrogens (primary N) is 1. The third kappa shape index (κ3) is 3.07. The highest BCUT2D eigenvalue weighted by Crippen LogP contribution is 2.57. The lowest BCUT2D eigenvalue weighted by Crippen LogP contribution is -2.82. The zero-order valence-electron chi connectivity index (χ0n) is 13.5. The van der Waals surface area contributed by atoms with Gasteiger partial charge in [0.1, 0.15) is 5.54 Å². The lowest BCUT2D eigenvalue weighted by Gasteiger charge is -2.65. The van der Waals surface area contributed by atoms with E-state index in [1.165, 1.54) is 0 Å². The minimum atomic E-state index is -0.847. The molecule has 1 amide bonds. The van der Waals surface area contributed by atoms with Gasteiger partial charge in [-0.2, -0.15) is 0 Å². The summed E-state index contributed by atoms with van der Waals surface area (Å²) in [5.74, 6) is 0.0400. The number of ether oxygens (including phenoxy) is 1. The highest BCUT2D eigenvalue weighted by molar-refractivity contribution is 5.89. The van der Waals surface area contributed by atoms with Crippen molar-refractivity contribution < 1.29 is 9.53 Å². The Kier molecular flexibility index (Phi) is 6.44. The van der Waals surface area contributed by atoms with Crippen LogP contribution in [0.1, 0.15) is 32.3 Å². The monoisotopic (exact) mass is 361 g/mol. The molecule has 1 saturated heterocycles. The van der Waals surface area contributed by atoms with Crippen LogP contribution in [0.5, 0.6) is 0 Å². The largest absolute Gasteiger partial charge is 0.377 e. The van der Waals surface area contributed by atoms with Gasteiger partial charge >= 0.3 is 0 Å². The van der Waals surface area contributed by atoms with Crippen molar-refractivity contribution in [3.63, 3.8) is 0 Å². The molecule has 1 aliphatic heterocycles. The molecule has 3 atom stereocenters. The van der Waals surface area contributed by atoms with E-state index in [-0.39, 0.29) is 48.2 Å². The number of aromatic nitrogens is 1. The average Bonchev–Trinajstić information content (AvgIpc) is 2.52. The first kappa shape index (κ1) is 20.2. The van der Waals surface area contributed by atoms with Crippen molar-refractivity contribution in [3.8, 4) is 0 Å². The Labute approximate surface area is 149 Å². The number of halogens is 2. The fourth-order valence-corrected chi connectivity index (χ4v) is 3.87. The molecule has 0 radical (unpaired) electrons. The van der Waals surface area contributed by atoms with Crippen LogP contribution in [0.15, 0.2) is 24.5 Å². The zero-order chi connectivity index (χ0) is 15.1. The number of nitrogens with one attached hydrogen (secondary N) is 1. The van der Waals surface area contributed by atoms with Crippen LogP contribution in [-0.4, -0.2) is 29.1 Å². The summed E-state index contributed by atoms with van der Waals surface area (Å²) in [6, 6.07) is 3.80. The maximum atomic E-state index is 12.7. The van der Waals surface area contributed by atoms with Crippen LogP contribution in [0.3, 0.4) is 0 Å². The molecule has 2 heterocycles. The lowest BCUT2D eigenvalue weighted by molar-refractivity contribution is -0.225. The van der Waals surface area contributed by atoms with Gasteiger partial charge in [-0.3, -0.25) is 9.78 Å². The van der Waals surface area contributed by atoms with E-state index in [1.807, 2.05) is 26.0 Å². The van der Waals surface area contributed by atoms with E-state index in [4.69, 9.17) is 10.5 Å². The second kappa shape index (κ2) is 7.34. The molecule has 1 aromatic rings. The quantitative estimate of drug-likeness (QED) is 0.863. The molecule has 1 aliphatic carbocycles. The van der Waals surface area contributed by atoms with Crippen LogP contribution in [-0.2, 0) is 16.1 Å². The molecule has 130 valence electrons. The summed E-state index contributed by atoms with van der Waals surface area (Å²) in [5, 5.41) is 2.97. The van der Waals surface area contributed by atoms with Crippen molar-refractivity contribution in [2.24, 2.45) is 17.1 Å². The Balaban J connectivity index is 0.00000132. The van der Waals surface area contributed by atoms with Crippen LogP contribution < -0.4 is 11.1 Å².